The average molecular weight is 552 g/mol. The number of rotatable bonds is 10. The fourth-order valence-corrected chi connectivity index (χ4v) is 3.75. The van der Waals surface area contributed by atoms with E-state index in [1.54, 1.807) is 12.1 Å². The third-order valence-electron chi connectivity index (χ3n) is 5.03. The van der Waals surface area contributed by atoms with Crippen LogP contribution in [0.15, 0.2) is 27.5 Å². The number of benzene rings is 1. The highest BCUT2D eigenvalue weighted by molar-refractivity contribution is 9.10. The summed E-state index contributed by atoms with van der Waals surface area (Å²) in [7, 11) is 1.32. The zero-order valence-electron chi connectivity index (χ0n) is 17.9. The predicted octanol–water partition coefficient (Wildman–Crippen LogP) is 4.14. The summed E-state index contributed by atoms with van der Waals surface area (Å²) in [5.41, 5.74) is 0.184. The maximum Gasteiger partial charge on any atom is 0.430 e. The molecule has 0 amide bonds. The number of hydrogen-bond donors (Lipinski definition) is 1. The lowest BCUT2D eigenvalue weighted by Crippen LogP contribution is -2.41. The molecule has 1 aromatic carbocycles. The van der Waals surface area contributed by atoms with Gasteiger partial charge in [0.1, 0.15) is 5.75 Å². The van der Waals surface area contributed by atoms with E-state index in [2.05, 4.69) is 26.0 Å². The number of ether oxygens (including phenoxy) is 2. The number of nitrogens with zero attached hydrogens (tertiary/aromatic N) is 3. The first-order valence-corrected chi connectivity index (χ1v) is 10.9. The van der Waals surface area contributed by atoms with Gasteiger partial charge >= 0.3 is 18.1 Å². The van der Waals surface area contributed by atoms with Gasteiger partial charge in [-0.25, -0.2) is 4.79 Å². The molecule has 186 valence electrons. The van der Waals surface area contributed by atoms with Gasteiger partial charge < -0.3 is 24.6 Å². The van der Waals surface area contributed by atoms with Crippen molar-refractivity contribution in [3.8, 4) is 5.75 Å². The summed E-state index contributed by atoms with van der Waals surface area (Å²) in [5, 5.41) is 24.4. The van der Waals surface area contributed by atoms with E-state index in [4.69, 9.17) is 14.6 Å². The van der Waals surface area contributed by atoms with Crippen molar-refractivity contribution in [1.29, 1.82) is 0 Å². The molecule has 1 heterocycles. The number of carboxylic acid groups (broad SMARTS) is 1. The highest BCUT2D eigenvalue weighted by Crippen LogP contribution is 2.49. The van der Waals surface area contributed by atoms with Crippen LogP contribution in [0, 0.1) is 5.21 Å². The molecule has 1 aliphatic heterocycles. The molecule has 0 aromatic heterocycles. The number of halogens is 4. The second-order valence-electron chi connectivity index (χ2n) is 7.72. The van der Waals surface area contributed by atoms with E-state index in [1.165, 1.54) is 7.05 Å². The molecule has 0 saturated heterocycles. The van der Waals surface area contributed by atoms with Crippen LogP contribution < -0.4 is 4.74 Å². The maximum absolute atomic E-state index is 13.7. The van der Waals surface area contributed by atoms with E-state index < -0.39 is 36.6 Å². The van der Waals surface area contributed by atoms with Gasteiger partial charge in [0.2, 0.25) is 11.4 Å². The van der Waals surface area contributed by atoms with Crippen LogP contribution in [-0.4, -0.2) is 59.7 Å². The summed E-state index contributed by atoms with van der Waals surface area (Å²) in [6.45, 7) is -0.876. The summed E-state index contributed by atoms with van der Waals surface area (Å²) >= 11 is 3.33. The van der Waals surface area contributed by atoms with Crippen LogP contribution in [0.25, 0.3) is 6.08 Å². The van der Waals surface area contributed by atoms with Gasteiger partial charge in [0.15, 0.2) is 0 Å². The first-order chi connectivity index (χ1) is 16.0. The molecule has 0 unspecified atom stereocenters. The number of alkyl halides is 3. The van der Waals surface area contributed by atoms with E-state index in [1.807, 2.05) is 0 Å². The monoisotopic (exact) mass is 551 g/mol. The molecule has 0 radical (unpaired) electrons. The second-order valence-corrected chi connectivity index (χ2v) is 8.63. The van der Waals surface area contributed by atoms with E-state index >= 15 is 0 Å². The third kappa shape index (κ3) is 6.52. The van der Waals surface area contributed by atoms with Gasteiger partial charge in [0, 0.05) is 16.5 Å². The molecular weight excluding hydrogens is 531 g/mol. The number of hydrogen-bond acceptors (Lipinski definition) is 7. The number of aliphatic carboxylic acids is 1. The summed E-state index contributed by atoms with van der Waals surface area (Å²) < 4.78 is 51.7. The number of fused-ring (bicyclic) bond motifs is 1. The van der Waals surface area contributed by atoms with Crippen LogP contribution >= 0.6 is 15.9 Å². The van der Waals surface area contributed by atoms with Gasteiger partial charge in [-0.3, -0.25) is 4.79 Å². The molecule has 2 aliphatic rings. The molecule has 1 aliphatic carbocycles. The van der Waals surface area contributed by atoms with Crippen molar-refractivity contribution in [3.63, 3.8) is 0 Å². The molecule has 34 heavy (non-hydrogen) atoms. The molecule has 1 saturated carbocycles. The van der Waals surface area contributed by atoms with E-state index in [9.17, 15) is 28.0 Å². The highest BCUT2D eigenvalue weighted by atomic mass is 79.9. The van der Waals surface area contributed by atoms with Crippen LogP contribution in [0.4, 0.5) is 13.2 Å². The normalized spacial score (nSPS) is 17.9. The van der Waals surface area contributed by atoms with E-state index in [-0.39, 0.29) is 36.0 Å². The van der Waals surface area contributed by atoms with Gasteiger partial charge in [-0.2, -0.15) is 13.2 Å². The highest BCUT2D eigenvalue weighted by Gasteiger charge is 2.49. The lowest BCUT2D eigenvalue weighted by molar-refractivity contribution is -0.706. The van der Waals surface area contributed by atoms with Gasteiger partial charge in [-0.15, -0.1) is 5.01 Å². The number of carbonyl (C=O) groups is 2. The molecule has 1 N–H and O–H groups in total. The molecule has 14 heteroatoms. The van der Waals surface area contributed by atoms with Gasteiger partial charge in [0.25, 0.3) is 6.79 Å². The number of carbonyl (C=O) groups excluding carboxylic acids is 1. The van der Waals surface area contributed by atoms with Crippen LogP contribution in [0.2, 0.25) is 0 Å². The van der Waals surface area contributed by atoms with E-state index in [0.717, 1.165) is 23.9 Å². The van der Waals surface area contributed by atoms with E-state index in [0.29, 0.717) is 15.6 Å². The quantitative estimate of drug-likeness (QED) is 0.115. The minimum absolute atomic E-state index is 0.00955. The fraction of sp³-hybridized carbons (Fsp3) is 0.500. The Morgan fingerprint density at radius 3 is 2.71 bits per heavy atom. The molecule has 1 aromatic rings. The zero-order valence-corrected chi connectivity index (χ0v) is 19.5. The van der Waals surface area contributed by atoms with Gasteiger partial charge in [0.05, 0.1) is 24.1 Å². The smallest absolute Gasteiger partial charge is 0.430 e. The topological polar surface area (TPSA) is 124 Å². The van der Waals surface area contributed by atoms with Crippen LogP contribution in [-0.2, 0) is 19.2 Å². The number of hydrazine groups is 1. The molecular formula is C20H21BrF3N3O7. The lowest BCUT2D eigenvalue weighted by atomic mass is 9.97. The zero-order chi connectivity index (χ0) is 25.0. The number of esters is 1. The van der Waals surface area contributed by atoms with Crippen molar-refractivity contribution in [2.45, 2.75) is 43.9 Å². The standard InChI is InChI=1S/C20H21BrF3N3O7/c1-26(6-2-3-16(28)29)27(31)25-33-10-32-19(30)15-8-12-7-13(21)9-14(11-4-5-11)17(12)34-18(15)20(22,23)24/h7-9,11,18H,2-6,10H2,1H3,(H,28,29)/b27-25-/t18-/m0/s1. The van der Waals surface area contributed by atoms with Crippen molar-refractivity contribution in [1.82, 2.24) is 5.01 Å². The Bertz CT molecular complexity index is 1010. The SMILES string of the molecule is CN(CCCC(=O)O)/[N+]([O-])=N/OCOC(=O)C1=Cc2cc(Br)cc(C3CC3)c2O[C@@H]1C(F)(F)F. The van der Waals surface area contributed by atoms with Crippen LogP contribution in [0.5, 0.6) is 5.75 Å². The third-order valence-corrected chi connectivity index (χ3v) is 5.48. The number of carboxylic acids is 1. The average Bonchev–Trinajstić information content (AvgIpc) is 3.59. The Morgan fingerprint density at radius 1 is 1.38 bits per heavy atom. The summed E-state index contributed by atoms with van der Waals surface area (Å²) in [6.07, 6.45) is -4.64. The Labute approximate surface area is 200 Å². The molecule has 0 spiro atoms. The second kappa shape index (κ2) is 10.5. The van der Waals surface area contributed by atoms with Crippen molar-refractivity contribution < 1.29 is 47.1 Å². The molecule has 1 atom stereocenters. The summed E-state index contributed by atoms with van der Waals surface area (Å²) in [4.78, 5) is 27.4. The lowest BCUT2D eigenvalue weighted by Gasteiger charge is -2.29. The summed E-state index contributed by atoms with van der Waals surface area (Å²) in [5.74, 6) is -2.18. The molecule has 10 nitrogen and oxygen atoms in total. The maximum atomic E-state index is 13.7. The van der Waals surface area contributed by atoms with Gasteiger partial charge in [-0.1, -0.05) is 15.9 Å². The minimum Gasteiger partial charge on any atom is -0.569 e. The Balaban J connectivity index is 1.67. The molecule has 3 rings (SSSR count). The predicted molar refractivity (Wildman–Crippen MR) is 112 cm³/mol. The first kappa shape index (κ1) is 25.6. The summed E-state index contributed by atoms with van der Waals surface area (Å²) in [6, 6.07) is 3.26. The van der Waals surface area contributed by atoms with Gasteiger partial charge in [-0.05, 0) is 49.0 Å². The Hall–Kier alpha value is -3.03. The van der Waals surface area contributed by atoms with Crippen LogP contribution in [0.1, 0.15) is 42.7 Å². The van der Waals surface area contributed by atoms with Crippen molar-refractivity contribution in [2.75, 3.05) is 20.4 Å². The fourth-order valence-electron chi connectivity index (χ4n) is 3.25. The van der Waals surface area contributed by atoms with Crippen molar-refractivity contribution in [2.24, 2.45) is 5.28 Å². The van der Waals surface area contributed by atoms with Crippen LogP contribution in [0.3, 0.4) is 0 Å². The first-order valence-electron chi connectivity index (χ1n) is 10.2. The molecule has 1 fully saturated rings. The minimum atomic E-state index is -4.88. The van der Waals surface area contributed by atoms with Crippen molar-refractivity contribution >= 4 is 33.9 Å². The largest absolute Gasteiger partial charge is 0.569 e. The Morgan fingerprint density at radius 2 is 2.09 bits per heavy atom. The van der Waals surface area contributed by atoms with Crippen molar-refractivity contribution in [3.05, 3.63) is 38.5 Å². The Kier molecular flexibility index (Phi) is 7.89. The molecule has 0 bridgehead atoms.